The van der Waals surface area contributed by atoms with Gasteiger partial charge in [0.15, 0.2) is 11.6 Å². The zero-order valence-corrected chi connectivity index (χ0v) is 18.6. The van der Waals surface area contributed by atoms with E-state index >= 15 is 0 Å². The topological polar surface area (TPSA) is 72.9 Å². The van der Waals surface area contributed by atoms with Gasteiger partial charge in [-0.15, -0.1) is 13.2 Å². The molecule has 0 bridgehead atoms. The molecule has 0 fully saturated rings. The van der Waals surface area contributed by atoms with Gasteiger partial charge in [-0.05, 0) is 48.0 Å². The Labute approximate surface area is 198 Å². The van der Waals surface area contributed by atoms with Crippen LogP contribution < -0.4 is 19.7 Å². The molecule has 2 heterocycles. The van der Waals surface area contributed by atoms with Gasteiger partial charge < -0.3 is 24.4 Å². The average molecular weight is 494 g/mol. The third kappa shape index (κ3) is 5.35. The van der Waals surface area contributed by atoms with Gasteiger partial charge >= 0.3 is 6.36 Å². The highest BCUT2D eigenvalue weighted by molar-refractivity contribution is 6.33. The number of methoxy groups -OCH3 is 1. The van der Waals surface area contributed by atoms with Gasteiger partial charge in [-0.2, -0.15) is 0 Å². The van der Waals surface area contributed by atoms with E-state index < -0.39 is 12.3 Å². The first-order valence-corrected chi connectivity index (χ1v) is 10.5. The van der Waals surface area contributed by atoms with Crippen LogP contribution in [0.2, 0.25) is 5.02 Å². The second-order valence-corrected chi connectivity index (χ2v) is 7.67. The summed E-state index contributed by atoms with van der Waals surface area (Å²) >= 11 is 6.47. The molecule has 34 heavy (non-hydrogen) atoms. The predicted octanol–water partition coefficient (Wildman–Crippen LogP) is 5.56. The summed E-state index contributed by atoms with van der Waals surface area (Å²) in [5.74, 6) is -0.00820. The molecule has 0 saturated heterocycles. The Kier molecular flexibility index (Phi) is 6.80. The van der Waals surface area contributed by atoms with Crippen LogP contribution in [0.1, 0.15) is 15.9 Å². The predicted molar refractivity (Wildman–Crippen MR) is 120 cm³/mol. The number of alkyl halides is 3. The quantitative estimate of drug-likeness (QED) is 0.484. The molecule has 4 rings (SSSR count). The number of rotatable bonds is 6. The average Bonchev–Trinajstić information content (AvgIpc) is 2.79. The number of para-hydroxylation sites is 1. The van der Waals surface area contributed by atoms with Crippen molar-refractivity contribution in [2.75, 3.05) is 30.5 Å². The van der Waals surface area contributed by atoms with Crippen LogP contribution >= 0.6 is 11.6 Å². The number of benzene rings is 2. The molecular formula is C23H19ClF3N3O4. The minimum Gasteiger partial charge on any atom is -0.489 e. The number of nitrogens with zero attached hydrogens (tertiary/aromatic N) is 2. The summed E-state index contributed by atoms with van der Waals surface area (Å²) in [7, 11) is 1.58. The smallest absolute Gasteiger partial charge is 0.489 e. The van der Waals surface area contributed by atoms with Crippen molar-refractivity contribution in [1.82, 2.24) is 4.98 Å². The summed E-state index contributed by atoms with van der Waals surface area (Å²) < 4.78 is 51.8. The Balaban J connectivity index is 1.57. The van der Waals surface area contributed by atoms with Crippen molar-refractivity contribution in [3.8, 4) is 11.5 Å². The molecule has 7 nitrogen and oxygen atoms in total. The number of nitrogens with one attached hydrogen (secondary N) is 1. The Bertz CT molecular complexity index is 1190. The van der Waals surface area contributed by atoms with E-state index in [1.807, 2.05) is 4.90 Å². The number of aromatic nitrogens is 1. The maximum atomic E-state index is 13.0. The number of fused-ring (bicyclic) bond motifs is 1. The van der Waals surface area contributed by atoms with Crippen molar-refractivity contribution in [2.45, 2.75) is 13.0 Å². The fourth-order valence-electron chi connectivity index (χ4n) is 3.50. The van der Waals surface area contributed by atoms with Gasteiger partial charge in [0, 0.05) is 19.0 Å². The number of pyridine rings is 1. The first-order valence-electron chi connectivity index (χ1n) is 10.1. The lowest BCUT2D eigenvalue weighted by atomic mass is 10.1. The van der Waals surface area contributed by atoms with Crippen molar-refractivity contribution in [2.24, 2.45) is 0 Å². The lowest BCUT2D eigenvalue weighted by Crippen LogP contribution is -2.31. The third-order valence-corrected chi connectivity index (χ3v) is 5.16. The highest BCUT2D eigenvalue weighted by Gasteiger charge is 2.31. The monoisotopic (exact) mass is 493 g/mol. The van der Waals surface area contributed by atoms with Crippen molar-refractivity contribution in [3.05, 3.63) is 70.9 Å². The van der Waals surface area contributed by atoms with Crippen LogP contribution in [0.25, 0.3) is 0 Å². The van der Waals surface area contributed by atoms with Crippen molar-refractivity contribution < 1.29 is 32.2 Å². The van der Waals surface area contributed by atoms with Gasteiger partial charge in [0.2, 0.25) is 0 Å². The maximum Gasteiger partial charge on any atom is 0.573 e. The molecule has 1 N–H and O–H groups in total. The van der Waals surface area contributed by atoms with Gasteiger partial charge in [-0.1, -0.05) is 17.7 Å². The fraction of sp³-hybridized carbons (Fsp3) is 0.217. The molecule has 1 amide bonds. The summed E-state index contributed by atoms with van der Waals surface area (Å²) in [5.41, 5.74) is 1.99. The van der Waals surface area contributed by atoms with Gasteiger partial charge in [0.25, 0.3) is 5.91 Å². The molecular weight excluding hydrogens is 475 g/mol. The van der Waals surface area contributed by atoms with Crippen LogP contribution in [0.5, 0.6) is 11.5 Å². The third-order valence-electron chi connectivity index (χ3n) is 4.88. The summed E-state index contributed by atoms with van der Waals surface area (Å²) in [6.07, 6.45) is -3.12. The molecule has 1 aliphatic heterocycles. The number of anilines is 3. The van der Waals surface area contributed by atoms with E-state index in [0.29, 0.717) is 47.7 Å². The minimum absolute atomic E-state index is 0.255. The zero-order valence-electron chi connectivity index (χ0n) is 17.9. The lowest BCUT2D eigenvalue weighted by molar-refractivity contribution is -0.274. The Morgan fingerprint density at radius 3 is 2.68 bits per heavy atom. The molecule has 0 radical (unpaired) electrons. The van der Waals surface area contributed by atoms with Gasteiger partial charge in [0.1, 0.15) is 12.4 Å². The Morgan fingerprint density at radius 1 is 1.24 bits per heavy atom. The van der Waals surface area contributed by atoms with Crippen molar-refractivity contribution in [3.63, 3.8) is 0 Å². The molecule has 0 saturated carbocycles. The van der Waals surface area contributed by atoms with E-state index in [4.69, 9.17) is 21.1 Å². The van der Waals surface area contributed by atoms with Crippen LogP contribution in [0, 0.1) is 0 Å². The van der Waals surface area contributed by atoms with Gasteiger partial charge in [-0.25, -0.2) is 4.98 Å². The highest BCUT2D eigenvalue weighted by Crippen LogP contribution is 2.41. The summed E-state index contributed by atoms with van der Waals surface area (Å²) in [5, 5.41) is 3.09. The second-order valence-electron chi connectivity index (χ2n) is 7.26. The molecule has 178 valence electrons. The summed E-state index contributed by atoms with van der Waals surface area (Å²) in [4.78, 5) is 19.3. The fourth-order valence-corrected chi connectivity index (χ4v) is 3.79. The number of halogens is 4. The number of ether oxygens (including phenoxy) is 3. The van der Waals surface area contributed by atoms with E-state index in [2.05, 4.69) is 15.0 Å². The second kappa shape index (κ2) is 9.78. The summed E-state index contributed by atoms with van der Waals surface area (Å²) in [6.45, 7) is 1.13. The van der Waals surface area contributed by atoms with Crippen LogP contribution in [-0.4, -0.2) is 37.5 Å². The minimum atomic E-state index is -4.79. The van der Waals surface area contributed by atoms with E-state index in [1.54, 1.807) is 37.6 Å². The first kappa shape index (κ1) is 23.7. The van der Waals surface area contributed by atoms with E-state index in [-0.39, 0.29) is 11.3 Å². The van der Waals surface area contributed by atoms with Crippen LogP contribution in [0.15, 0.2) is 54.7 Å². The van der Waals surface area contributed by atoms with Crippen molar-refractivity contribution in [1.29, 1.82) is 0 Å². The molecule has 3 aromatic rings. The van der Waals surface area contributed by atoms with Crippen LogP contribution in [0.4, 0.5) is 30.4 Å². The van der Waals surface area contributed by atoms with E-state index in [1.165, 1.54) is 12.1 Å². The standard InChI is InChI=1S/C23H19ClF3N3O4/c1-32-13-14-11-18(24)21(28-12-14)30-9-10-33-20-17(3-2-4-19(20)30)22(31)29-15-5-7-16(8-6-15)34-23(25,26)27/h2-8,11-12H,9-10,13H2,1H3,(H,29,31). The summed E-state index contributed by atoms with van der Waals surface area (Å²) in [6, 6.07) is 11.7. The maximum absolute atomic E-state index is 13.0. The van der Waals surface area contributed by atoms with Crippen LogP contribution in [-0.2, 0) is 11.3 Å². The molecule has 11 heteroatoms. The molecule has 1 aliphatic rings. The van der Waals surface area contributed by atoms with E-state index in [0.717, 1.165) is 17.7 Å². The van der Waals surface area contributed by atoms with E-state index in [9.17, 15) is 18.0 Å². The number of amides is 1. The SMILES string of the molecule is COCc1cnc(N2CCOc3c(C(=O)Nc4ccc(OC(F)(F)F)cc4)cccc32)c(Cl)c1. The zero-order chi connectivity index (χ0) is 24.3. The molecule has 0 aliphatic carbocycles. The van der Waals surface area contributed by atoms with Gasteiger partial charge in [0.05, 0.1) is 29.4 Å². The van der Waals surface area contributed by atoms with Crippen LogP contribution in [0.3, 0.4) is 0 Å². The van der Waals surface area contributed by atoms with Gasteiger partial charge in [-0.3, -0.25) is 4.79 Å². The number of hydrogen-bond donors (Lipinski definition) is 1. The number of carbonyl (C=O) groups excluding carboxylic acids is 1. The largest absolute Gasteiger partial charge is 0.573 e. The molecule has 0 spiro atoms. The Hall–Kier alpha value is -3.50. The highest BCUT2D eigenvalue weighted by atomic mass is 35.5. The molecule has 0 unspecified atom stereocenters. The lowest BCUT2D eigenvalue weighted by Gasteiger charge is -2.32. The molecule has 0 atom stereocenters. The number of hydrogen-bond acceptors (Lipinski definition) is 6. The van der Waals surface area contributed by atoms with Crippen molar-refractivity contribution >= 4 is 34.7 Å². The molecule has 1 aromatic heterocycles. The Morgan fingerprint density at radius 2 is 2.00 bits per heavy atom. The normalized spacial score (nSPS) is 13.1. The first-order chi connectivity index (χ1) is 16.2. The molecule has 2 aromatic carbocycles. The number of carbonyl (C=O) groups is 1.